The molecular formula is C18H27ClN4O. The highest BCUT2D eigenvalue weighted by Crippen LogP contribution is 2.21. The van der Waals surface area contributed by atoms with Gasteiger partial charge in [-0.05, 0) is 45.8 Å². The number of nitrogens with zero attached hydrogens (tertiary/aromatic N) is 3. The van der Waals surface area contributed by atoms with Gasteiger partial charge in [0.25, 0.3) is 5.91 Å². The molecule has 3 rings (SSSR count). The Bertz CT molecular complexity index is 677. The number of nitrogens with one attached hydrogen (secondary N) is 1. The van der Waals surface area contributed by atoms with Crippen LogP contribution in [0.25, 0.3) is 10.9 Å². The Morgan fingerprint density at radius 2 is 1.92 bits per heavy atom. The van der Waals surface area contributed by atoms with Crippen molar-refractivity contribution in [2.75, 3.05) is 26.2 Å². The largest absolute Gasteiger partial charge is 0.349 e. The first-order valence-electron chi connectivity index (χ1n) is 8.64. The highest BCUT2D eigenvalue weighted by atomic mass is 35.5. The molecule has 0 spiro atoms. The number of piperidine rings is 1. The summed E-state index contributed by atoms with van der Waals surface area (Å²) in [5.41, 5.74) is 1.55. The molecule has 0 radical (unpaired) electrons. The standard InChI is InChI=1S/C18H26N4O.ClH/c1-14(2)22-16-9-5-4-8-15(16)17(20-22)18(23)19-10-13-21-11-6-3-7-12-21;/h4-5,8-9,14H,3,6-7,10-13H2,1-2H3,(H,19,23);1H. The number of benzene rings is 1. The number of fused-ring (bicyclic) bond motifs is 1. The van der Waals surface area contributed by atoms with Gasteiger partial charge in [0.05, 0.1) is 5.52 Å². The molecule has 1 saturated heterocycles. The molecule has 1 N–H and O–H groups in total. The number of likely N-dealkylation sites (tertiary alicyclic amines) is 1. The molecule has 1 fully saturated rings. The van der Waals surface area contributed by atoms with E-state index in [9.17, 15) is 4.79 Å². The third-order valence-electron chi connectivity index (χ3n) is 4.48. The molecule has 24 heavy (non-hydrogen) atoms. The summed E-state index contributed by atoms with van der Waals surface area (Å²) in [5.74, 6) is -0.0717. The SMILES string of the molecule is CC(C)n1nc(C(=O)NCCN2CCCCC2)c2ccccc21.Cl. The van der Waals surface area contributed by atoms with Gasteiger partial charge in [-0.15, -0.1) is 12.4 Å². The van der Waals surface area contributed by atoms with Crippen LogP contribution in [0.15, 0.2) is 24.3 Å². The van der Waals surface area contributed by atoms with Crippen molar-refractivity contribution in [3.63, 3.8) is 0 Å². The molecule has 6 heteroatoms. The van der Waals surface area contributed by atoms with Gasteiger partial charge in [0, 0.05) is 24.5 Å². The Kier molecular flexibility index (Phi) is 6.63. The summed E-state index contributed by atoms with van der Waals surface area (Å²) in [5, 5.41) is 8.51. The first kappa shape index (κ1) is 18.7. The minimum atomic E-state index is -0.0717. The van der Waals surface area contributed by atoms with E-state index in [0.29, 0.717) is 12.2 Å². The lowest BCUT2D eigenvalue weighted by molar-refractivity contribution is 0.0942. The van der Waals surface area contributed by atoms with Gasteiger partial charge < -0.3 is 10.2 Å². The van der Waals surface area contributed by atoms with Gasteiger partial charge in [-0.3, -0.25) is 9.48 Å². The Labute approximate surface area is 149 Å². The minimum absolute atomic E-state index is 0. The van der Waals surface area contributed by atoms with Gasteiger partial charge in [0.15, 0.2) is 5.69 Å². The molecule has 1 aliphatic rings. The van der Waals surface area contributed by atoms with Gasteiger partial charge >= 0.3 is 0 Å². The molecule has 2 aromatic rings. The van der Waals surface area contributed by atoms with Crippen molar-refractivity contribution in [1.29, 1.82) is 0 Å². The van der Waals surface area contributed by atoms with Crippen LogP contribution >= 0.6 is 12.4 Å². The maximum absolute atomic E-state index is 12.5. The lowest BCUT2D eigenvalue weighted by atomic mass is 10.1. The van der Waals surface area contributed by atoms with Crippen molar-refractivity contribution >= 4 is 29.2 Å². The average molecular weight is 351 g/mol. The molecule has 1 aromatic heterocycles. The van der Waals surface area contributed by atoms with E-state index in [1.807, 2.05) is 28.9 Å². The molecule has 2 heterocycles. The number of amides is 1. The second-order valence-corrected chi connectivity index (χ2v) is 6.56. The lowest BCUT2D eigenvalue weighted by Gasteiger charge is -2.26. The molecule has 0 aliphatic carbocycles. The summed E-state index contributed by atoms with van der Waals surface area (Å²) < 4.78 is 1.93. The summed E-state index contributed by atoms with van der Waals surface area (Å²) in [6, 6.07) is 8.17. The van der Waals surface area contributed by atoms with E-state index in [1.54, 1.807) is 0 Å². The number of hydrogen-bond acceptors (Lipinski definition) is 3. The maximum Gasteiger partial charge on any atom is 0.272 e. The first-order valence-corrected chi connectivity index (χ1v) is 8.64. The summed E-state index contributed by atoms with van der Waals surface area (Å²) >= 11 is 0. The molecule has 1 aliphatic heterocycles. The highest BCUT2D eigenvalue weighted by Gasteiger charge is 2.18. The summed E-state index contributed by atoms with van der Waals surface area (Å²) in [6.45, 7) is 8.08. The quantitative estimate of drug-likeness (QED) is 0.900. The minimum Gasteiger partial charge on any atom is -0.349 e. The number of halogens is 1. The maximum atomic E-state index is 12.5. The van der Waals surface area contributed by atoms with Crippen LogP contribution in [0.2, 0.25) is 0 Å². The van der Waals surface area contributed by atoms with Gasteiger partial charge in [0.2, 0.25) is 0 Å². The van der Waals surface area contributed by atoms with Crippen LogP contribution in [-0.2, 0) is 0 Å². The average Bonchev–Trinajstić information content (AvgIpc) is 2.96. The zero-order valence-corrected chi connectivity index (χ0v) is 15.3. The Morgan fingerprint density at radius 1 is 1.21 bits per heavy atom. The summed E-state index contributed by atoms with van der Waals surface area (Å²) in [7, 11) is 0. The van der Waals surface area contributed by atoms with E-state index in [2.05, 4.69) is 29.2 Å². The predicted octanol–water partition coefficient (Wildman–Crippen LogP) is 3.25. The van der Waals surface area contributed by atoms with Crippen LogP contribution in [-0.4, -0.2) is 46.8 Å². The number of para-hydroxylation sites is 1. The van der Waals surface area contributed by atoms with E-state index in [4.69, 9.17) is 0 Å². The zero-order valence-electron chi connectivity index (χ0n) is 14.5. The second kappa shape index (κ2) is 8.49. The van der Waals surface area contributed by atoms with Crippen molar-refractivity contribution in [2.24, 2.45) is 0 Å². The number of rotatable bonds is 5. The molecule has 1 aromatic carbocycles. The number of hydrogen-bond donors (Lipinski definition) is 1. The Balaban J connectivity index is 0.00000208. The zero-order chi connectivity index (χ0) is 16.2. The second-order valence-electron chi connectivity index (χ2n) is 6.56. The molecule has 5 nitrogen and oxygen atoms in total. The van der Waals surface area contributed by atoms with Gasteiger partial charge in [-0.25, -0.2) is 0 Å². The summed E-state index contributed by atoms with van der Waals surface area (Å²) in [4.78, 5) is 15.0. The summed E-state index contributed by atoms with van der Waals surface area (Å²) in [6.07, 6.45) is 3.89. The fraction of sp³-hybridized carbons (Fsp3) is 0.556. The van der Waals surface area contributed by atoms with Crippen molar-refractivity contribution in [3.8, 4) is 0 Å². The van der Waals surface area contributed by atoms with Crippen LogP contribution in [0.4, 0.5) is 0 Å². The lowest BCUT2D eigenvalue weighted by Crippen LogP contribution is -2.37. The number of aromatic nitrogens is 2. The van der Waals surface area contributed by atoms with Crippen LogP contribution in [0, 0.1) is 0 Å². The third kappa shape index (κ3) is 4.08. The Morgan fingerprint density at radius 3 is 2.62 bits per heavy atom. The number of carbonyl (C=O) groups is 1. The Hall–Kier alpha value is -1.59. The van der Waals surface area contributed by atoms with E-state index >= 15 is 0 Å². The van der Waals surface area contributed by atoms with Crippen molar-refractivity contribution in [2.45, 2.75) is 39.2 Å². The molecule has 0 unspecified atom stereocenters. The van der Waals surface area contributed by atoms with Crippen LogP contribution in [0.5, 0.6) is 0 Å². The van der Waals surface area contributed by atoms with E-state index < -0.39 is 0 Å². The predicted molar refractivity (Wildman–Crippen MR) is 100.0 cm³/mol. The molecule has 0 bridgehead atoms. The molecule has 132 valence electrons. The molecule has 1 amide bonds. The smallest absolute Gasteiger partial charge is 0.272 e. The monoisotopic (exact) mass is 350 g/mol. The first-order chi connectivity index (χ1) is 11.2. The van der Waals surface area contributed by atoms with E-state index in [1.165, 1.54) is 19.3 Å². The van der Waals surface area contributed by atoms with Crippen LogP contribution in [0.3, 0.4) is 0 Å². The topological polar surface area (TPSA) is 50.2 Å². The highest BCUT2D eigenvalue weighted by molar-refractivity contribution is 6.04. The van der Waals surface area contributed by atoms with Crippen LogP contribution < -0.4 is 5.32 Å². The van der Waals surface area contributed by atoms with Crippen molar-refractivity contribution < 1.29 is 4.79 Å². The van der Waals surface area contributed by atoms with Gasteiger partial charge in [0.1, 0.15) is 0 Å². The normalized spacial score (nSPS) is 15.5. The fourth-order valence-electron chi connectivity index (χ4n) is 3.24. The van der Waals surface area contributed by atoms with Crippen molar-refractivity contribution in [1.82, 2.24) is 20.0 Å². The van der Waals surface area contributed by atoms with Crippen molar-refractivity contribution in [3.05, 3.63) is 30.0 Å². The van der Waals surface area contributed by atoms with Gasteiger partial charge in [-0.1, -0.05) is 24.6 Å². The third-order valence-corrected chi connectivity index (χ3v) is 4.48. The van der Waals surface area contributed by atoms with E-state index in [-0.39, 0.29) is 24.4 Å². The molecule has 0 saturated carbocycles. The van der Waals surface area contributed by atoms with Crippen LogP contribution in [0.1, 0.15) is 49.6 Å². The fourth-order valence-corrected chi connectivity index (χ4v) is 3.24. The van der Waals surface area contributed by atoms with E-state index in [0.717, 1.165) is 30.5 Å². The molecular weight excluding hydrogens is 324 g/mol. The molecule has 0 atom stereocenters. The van der Waals surface area contributed by atoms with Gasteiger partial charge in [-0.2, -0.15) is 5.10 Å². The number of carbonyl (C=O) groups excluding carboxylic acids is 1.